The van der Waals surface area contributed by atoms with E-state index in [1.54, 1.807) is 27.7 Å². The molecule has 22 heavy (non-hydrogen) atoms. The van der Waals surface area contributed by atoms with Crippen LogP contribution in [0, 0.1) is 5.82 Å². The maximum absolute atomic E-state index is 13.5. The molecule has 1 aromatic carbocycles. The van der Waals surface area contributed by atoms with Crippen LogP contribution in [0.15, 0.2) is 12.1 Å². The van der Waals surface area contributed by atoms with Gasteiger partial charge in [-0.1, -0.05) is 17.7 Å². The number of carboxylic acid groups (broad SMARTS) is 1. The van der Waals surface area contributed by atoms with Gasteiger partial charge in [0.2, 0.25) is 0 Å². The minimum absolute atomic E-state index is 0.0813. The first-order chi connectivity index (χ1) is 9.88. The number of nitrogens with two attached hydrogens (primary N) is 1. The van der Waals surface area contributed by atoms with Crippen molar-refractivity contribution in [3.8, 4) is 0 Å². The highest BCUT2D eigenvalue weighted by molar-refractivity contribution is 7.84. The zero-order chi connectivity index (χ0) is 17.3. The van der Waals surface area contributed by atoms with Crippen molar-refractivity contribution < 1.29 is 18.5 Å². The van der Waals surface area contributed by atoms with Gasteiger partial charge >= 0.3 is 5.97 Å². The van der Waals surface area contributed by atoms with Crippen molar-refractivity contribution in [3.05, 3.63) is 28.5 Å². The van der Waals surface area contributed by atoms with Crippen LogP contribution in [0.3, 0.4) is 0 Å². The summed E-state index contributed by atoms with van der Waals surface area (Å²) in [7, 11) is -1.55. The summed E-state index contributed by atoms with van der Waals surface area (Å²) < 4.78 is 28.0. The second-order valence-corrected chi connectivity index (χ2v) is 8.55. The topological polar surface area (TPSA) is 92.4 Å². The minimum atomic E-state index is -1.55. The fourth-order valence-electron chi connectivity index (χ4n) is 1.84. The van der Waals surface area contributed by atoms with Crippen LogP contribution in [0.5, 0.6) is 0 Å². The summed E-state index contributed by atoms with van der Waals surface area (Å²) in [5.74, 6) is -1.80. The zero-order valence-corrected chi connectivity index (χ0v) is 14.4. The third-order valence-corrected chi connectivity index (χ3v) is 5.26. The molecular formula is C14H20ClFN2O3S. The van der Waals surface area contributed by atoms with Crippen LogP contribution in [-0.2, 0) is 21.3 Å². The fraction of sp³-hybridized carbons (Fsp3) is 0.500. The van der Waals surface area contributed by atoms with Crippen LogP contribution < -0.4 is 10.5 Å². The van der Waals surface area contributed by atoms with Gasteiger partial charge in [0.15, 0.2) is 0 Å². The molecule has 0 aliphatic rings. The largest absolute Gasteiger partial charge is 0.481 e. The highest BCUT2D eigenvalue weighted by atomic mass is 35.5. The molecule has 0 aliphatic carbocycles. The van der Waals surface area contributed by atoms with Gasteiger partial charge in [0.1, 0.15) is 5.82 Å². The Bertz CT molecular complexity index is 619. The Kier molecular flexibility index (Phi) is 5.59. The lowest BCUT2D eigenvalue weighted by molar-refractivity contribution is -0.138. The second-order valence-electron chi connectivity index (χ2n) is 6.21. The molecule has 1 unspecified atom stereocenters. The predicted octanol–water partition coefficient (Wildman–Crippen LogP) is 2.80. The number of carbonyl (C=O) groups is 1. The van der Waals surface area contributed by atoms with Crippen molar-refractivity contribution in [1.82, 2.24) is 4.72 Å². The van der Waals surface area contributed by atoms with Crippen LogP contribution >= 0.6 is 11.6 Å². The smallest absolute Gasteiger partial charge is 0.305 e. The van der Waals surface area contributed by atoms with Gasteiger partial charge in [-0.25, -0.2) is 13.3 Å². The first-order valence-electron chi connectivity index (χ1n) is 6.54. The average Bonchev–Trinajstić information content (AvgIpc) is 2.33. The van der Waals surface area contributed by atoms with Crippen molar-refractivity contribution in [1.29, 1.82) is 0 Å². The molecule has 8 heteroatoms. The molecule has 1 aromatic rings. The third kappa shape index (κ3) is 4.18. The quantitative estimate of drug-likeness (QED) is 0.712. The average molecular weight is 351 g/mol. The van der Waals surface area contributed by atoms with Gasteiger partial charge in [-0.15, -0.1) is 0 Å². The first-order valence-corrected chi connectivity index (χ1v) is 8.06. The summed E-state index contributed by atoms with van der Waals surface area (Å²) in [6.07, 6.45) is -0.389. The maximum Gasteiger partial charge on any atom is 0.305 e. The Labute approximate surface area is 136 Å². The summed E-state index contributed by atoms with van der Waals surface area (Å²) in [5.41, 5.74) is 4.33. The van der Waals surface area contributed by atoms with E-state index in [-0.39, 0.29) is 22.7 Å². The number of nitrogens with one attached hydrogen (secondary N) is 1. The van der Waals surface area contributed by atoms with E-state index in [0.29, 0.717) is 0 Å². The fourth-order valence-corrected chi connectivity index (χ4v) is 3.10. The molecule has 0 saturated heterocycles. The van der Waals surface area contributed by atoms with Gasteiger partial charge in [0.05, 0.1) is 38.4 Å². The van der Waals surface area contributed by atoms with E-state index in [0.717, 1.165) is 6.07 Å². The molecule has 0 aromatic heterocycles. The summed E-state index contributed by atoms with van der Waals surface area (Å²) in [6.45, 7) is 6.79. The number of nitrogen functional groups attached to an aromatic ring is 1. The Morgan fingerprint density at radius 1 is 1.41 bits per heavy atom. The Morgan fingerprint density at radius 2 is 1.95 bits per heavy atom. The summed E-state index contributed by atoms with van der Waals surface area (Å²) in [5, 5.41) is 9.07. The van der Waals surface area contributed by atoms with Crippen LogP contribution in [-0.4, -0.2) is 20.0 Å². The Hall–Kier alpha value is -1.18. The molecule has 0 amide bonds. The van der Waals surface area contributed by atoms with E-state index in [4.69, 9.17) is 22.4 Å². The lowest BCUT2D eigenvalue weighted by atomic mass is 9.89. The highest BCUT2D eigenvalue weighted by Crippen LogP contribution is 2.36. The number of rotatable bonds is 5. The maximum atomic E-state index is 13.5. The minimum Gasteiger partial charge on any atom is -0.481 e. The SMILES string of the molecule is CC(C)(C)S(=O)N[C@@](C)(CC(=O)O)c1ccc(F)c(N)c1Cl. The van der Waals surface area contributed by atoms with Crippen LogP contribution in [0.1, 0.15) is 39.7 Å². The number of benzene rings is 1. The molecule has 4 N–H and O–H groups in total. The van der Waals surface area contributed by atoms with Gasteiger partial charge in [0.25, 0.3) is 0 Å². The molecule has 0 fully saturated rings. The van der Waals surface area contributed by atoms with Crippen molar-refractivity contribution in [2.24, 2.45) is 0 Å². The first kappa shape index (κ1) is 18.9. The van der Waals surface area contributed by atoms with Crippen LogP contribution in [0.4, 0.5) is 10.1 Å². The number of anilines is 1. The molecule has 124 valence electrons. The number of hydrogen-bond acceptors (Lipinski definition) is 3. The summed E-state index contributed by atoms with van der Waals surface area (Å²) in [4.78, 5) is 11.2. The van der Waals surface area contributed by atoms with Crippen LogP contribution in [0.2, 0.25) is 5.02 Å². The molecule has 0 bridgehead atoms. The summed E-state index contributed by atoms with van der Waals surface area (Å²) >= 11 is 6.07. The van der Waals surface area contributed by atoms with Crippen molar-refractivity contribution in [2.45, 2.75) is 44.4 Å². The molecule has 1 rings (SSSR count). The van der Waals surface area contributed by atoms with Gasteiger partial charge in [0, 0.05) is 0 Å². The van der Waals surface area contributed by atoms with Gasteiger partial charge in [-0.05, 0) is 39.3 Å². The molecule has 0 heterocycles. The molecule has 0 radical (unpaired) electrons. The van der Waals surface area contributed by atoms with Crippen molar-refractivity contribution in [2.75, 3.05) is 5.73 Å². The molecule has 0 saturated carbocycles. The van der Waals surface area contributed by atoms with E-state index in [1.165, 1.54) is 6.07 Å². The number of carboxylic acids is 1. The molecule has 5 nitrogen and oxygen atoms in total. The standard InChI is InChI=1S/C14H20ClFN2O3S/c1-13(2,3)22(21)18-14(4,7-10(19)20)8-5-6-9(16)12(17)11(8)15/h5-6,18H,7,17H2,1-4H3,(H,19,20)/t14-,22?/m0/s1. The van der Waals surface area contributed by atoms with Gasteiger partial charge in [-0.3, -0.25) is 4.79 Å². The third-order valence-electron chi connectivity index (χ3n) is 3.10. The molecular weight excluding hydrogens is 331 g/mol. The van der Waals surface area contributed by atoms with E-state index in [9.17, 15) is 13.4 Å². The second kappa shape index (κ2) is 6.52. The van der Waals surface area contributed by atoms with Crippen molar-refractivity contribution >= 4 is 34.2 Å². The zero-order valence-electron chi connectivity index (χ0n) is 12.9. The lowest BCUT2D eigenvalue weighted by Crippen LogP contribution is -2.47. The van der Waals surface area contributed by atoms with E-state index in [1.807, 2.05) is 0 Å². The normalized spacial score (nSPS) is 16.1. The lowest BCUT2D eigenvalue weighted by Gasteiger charge is -2.33. The number of aliphatic carboxylic acids is 1. The Balaban J connectivity index is 3.37. The van der Waals surface area contributed by atoms with Crippen molar-refractivity contribution in [3.63, 3.8) is 0 Å². The van der Waals surface area contributed by atoms with Crippen LogP contribution in [0.25, 0.3) is 0 Å². The number of halogens is 2. The summed E-state index contributed by atoms with van der Waals surface area (Å²) in [6, 6.07) is 2.46. The molecule has 0 aliphatic heterocycles. The highest BCUT2D eigenvalue weighted by Gasteiger charge is 2.36. The Morgan fingerprint density at radius 3 is 2.41 bits per heavy atom. The van der Waals surface area contributed by atoms with Gasteiger partial charge < -0.3 is 10.8 Å². The van der Waals surface area contributed by atoms with Gasteiger partial charge in [-0.2, -0.15) is 0 Å². The molecule has 2 atom stereocenters. The van der Waals surface area contributed by atoms with E-state index < -0.39 is 33.1 Å². The molecule has 0 spiro atoms. The van der Waals surface area contributed by atoms with E-state index >= 15 is 0 Å². The number of hydrogen-bond donors (Lipinski definition) is 3. The predicted molar refractivity (Wildman–Crippen MR) is 86.5 cm³/mol. The van der Waals surface area contributed by atoms with E-state index in [2.05, 4.69) is 4.72 Å². The monoisotopic (exact) mass is 350 g/mol.